The molecule has 0 heterocycles. The van der Waals surface area contributed by atoms with Crippen LogP contribution in [0.2, 0.25) is 10.0 Å². The normalized spacial score (nSPS) is 11.1. The maximum Gasteiger partial charge on any atom is 0.175 e. The number of benzene rings is 3. The first kappa shape index (κ1) is 22.5. The molecule has 0 aliphatic carbocycles. The molecule has 3 aromatic carbocycles. The summed E-state index contributed by atoms with van der Waals surface area (Å²) in [6, 6.07) is 20.9. The molecule has 0 atom stereocenters. The summed E-state index contributed by atoms with van der Waals surface area (Å²) >= 11 is 14.4. The van der Waals surface area contributed by atoms with Crippen molar-refractivity contribution in [3.05, 3.63) is 91.0 Å². The minimum absolute atomic E-state index is 0.394. The lowest BCUT2D eigenvalue weighted by Crippen LogP contribution is -2.02. The van der Waals surface area contributed by atoms with Crippen LogP contribution in [0, 0.1) is 14.9 Å². The van der Waals surface area contributed by atoms with Crippen molar-refractivity contribution in [2.75, 3.05) is 6.61 Å². The Kier molecular flexibility index (Phi) is 8.03. The number of nitrogens with zero attached hydrogens (tertiary/aromatic N) is 1. The van der Waals surface area contributed by atoms with Gasteiger partial charge < -0.3 is 9.47 Å². The molecule has 0 N–H and O–H groups in total. The number of ether oxygens (including phenoxy) is 2. The topological polar surface area (TPSA) is 42.2 Å². The molecule has 6 heteroatoms. The first-order valence-corrected chi connectivity index (χ1v) is 11.1. The smallest absolute Gasteiger partial charge is 0.175 e. The SMILES string of the molecule is CCOc1cc(C=C(C#N)c2ccccc2Cl)cc(I)c1OCc1ccc(Cl)cc1. The lowest BCUT2D eigenvalue weighted by molar-refractivity contribution is 0.267. The molecule has 0 fully saturated rings. The Morgan fingerprint density at radius 2 is 1.80 bits per heavy atom. The molecule has 0 radical (unpaired) electrons. The van der Waals surface area contributed by atoms with Crippen molar-refractivity contribution >= 4 is 57.4 Å². The molecule has 0 saturated heterocycles. The quantitative estimate of drug-likeness (QED) is 0.173. The molecule has 0 saturated carbocycles. The highest BCUT2D eigenvalue weighted by Gasteiger charge is 2.13. The monoisotopic (exact) mass is 549 g/mol. The van der Waals surface area contributed by atoms with Gasteiger partial charge in [0, 0.05) is 15.6 Å². The summed E-state index contributed by atoms with van der Waals surface area (Å²) in [5.74, 6) is 1.29. The standard InChI is InChI=1S/C24H18Cl2INO2/c1-2-29-23-13-17(11-18(14-28)20-5-3-4-6-21(20)26)12-22(27)24(23)30-15-16-7-9-19(25)10-8-16/h3-13H,2,15H2,1H3. The van der Waals surface area contributed by atoms with Crippen molar-refractivity contribution in [3.8, 4) is 17.6 Å². The molecule has 3 rings (SSSR count). The lowest BCUT2D eigenvalue weighted by Gasteiger charge is -2.15. The first-order valence-electron chi connectivity index (χ1n) is 9.22. The zero-order valence-corrected chi connectivity index (χ0v) is 19.8. The van der Waals surface area contributed by atoms with Crippen LogP contribution >= 0.6 is 45.8 Å². The third-order valence-electron chi connectivity index (χ3n) is 4.22. The number of allylic oxidation sites excluding steroid dienone is 1. The zero-order chi connectivity index (χ0) is 21.5. The largest absolute Gasteiger partial charge is 0.490 e. The van der Waals surface area contributed by atoms with E-state index in [0.29, 0.717) is 45.9 Å². The molecule has 0 amide bonds. The van der Waals surface area contributed by atoms with Gasteiger partial charge in [-0.05, 0) is 77.0 Å². The summed E-state index contributed by atoms with van der Waals surface area (Å²) in [6.07, 6.45) is 1.80. The van der Waals surface area contributed by atoms with Crippen LogP contribution in [0.1, 0.15) is 23.6 Å². The van der Waals surface area contributed by atoms with Gasteiger partial charge in [-0.15, -0.1) is 0 Å². The Morgan fingerprint density at radius 3 is 2.47 bits per heavy atom. The molecule has 3 aromatic rings. The van der Waals surface area contributed by atoms with Gasteiger partial charge in [0.05, 0.1) is 21.8 Å². The van der Waals surface area contributed by atoms with Crippen LogP contribution in [0.4, 0.5) is 0 Å². The Labute approximate surface area is 200 Å². The van der Waals surface area contributed by atoms with Gasteiger partial charge in [0.15, 0.2) is 11.5 Å². The Balaban J connectivity index is 1.93. The van der Waals surface area contributed by atoms with Crippen LogP contribution in [0.15, 0.2) is 60.7 Å². The Morgan fingerprint density at radius 1 is 1.07 bits per heavy atom. The number of hydrogen-bond acceptors (Lipinski definition) is 3. The van der Waals surface area contributed by atoms with Crippen LogP contribution in [0.25, 0.3) is 11.6 Å². The average molecular weight is 550 g/mol. The summed E-state index contributed by atoms with van der Waals surface area (Å²) in [7, 11) is 0. The predicted molar refractivity (Wildman–Crippen MR) is 131 cm³/mol. The van der Waals surface area contributed by atoms with E-state index in [-0.39, 0.29) is 0 Å². The molecule has 0 aromatic heterocycles. The molecule has 0 spiro atoms. The molecule has 0 aliphatic rings. The number of halogens is 3. The van der Waals surface area contributed by atoms with Crippen LogP contribution < -0.4 is 9.47 Å². The minimum atomic E-state index is 0.394. The Bertz CT molecular complexity index is 1110. The maximum atomic E-state index is 9.65. The zero-order valence-electron chi connectivity index (χ0n) is 16.2. The fourth-order valence-electron chi connectivity index (χ4n) is 2.83. The molecule has 30 heavy (non-hydrogen) atoms. The van der Waals surface area contributed by atoms with Crippen LogP contribution in [0.3, 0.4) is 0 Å². The summed E-state index contributed by atoms with van der Waals surface area (Å²) < 4.78 is 12.8. The second-order valence-electron chi connectivity index (χ2n) is 6.33. The van der Waals surface area contributed by atoms with E-state index >= 15 is 0 Å². The van der Waals surface area contributed by atoms with Crippen molar-refractivity contribution in [2.45, 2.75) is 13.5 Å². The van der Waals surface area contributed by atoms with Gasteiger partial charge >= 0.3 is 0 Å². The first-order chi connectivity index (χ1) is 14.5. The van der Waals surface area contributed by atoms with Crippen molar-refractivity contribution in [1.82, 2.24) is 0 Å². The third kappa shape index (κ3) is 5.69. The molecule has 0 unspecified atom stereocenters. The van der Waals surface area contributed by atoms with Gasteiger partial charge in [-0.25, -0.2) is 0 Å². The number of nitriles is 1. The van der Waals surface area contributed by atoms with Gasteiger partial charge in [0.2, 0.25) is 0 Å². The number of rotatable bonds is 7. The van der Waals surface area contributed by atoms with E-state index in [0.717, 1.165) is 14.7 Å². The number of hydrogen-bond donors (Lipinski definition) is 0. The van der Waals surface area contributed by atoms with Crippen molar-refractivity contribution in [2.24, 2.45) is 0 Å². The third-order valence-corrected chi connectivity index (χ3v) is 5.61. The molecule has 152 valence electrons. The summed E-state index contributed by atoms with van der Waals surface area (Å²) in [5, 5.41) is 10.9. The van der Waals surface area contributed by atoms with Crippen molar-refractivity contribution in [1.29, 1.82) is 5.26 Å². The lowest BCUT2D eigenvalue weighted by atomic mass is 10.0. The highest BCUT2D eigenvalue weighted by Crippen LogP contribution is 2.36. The molecule has 3 nitrogen and oxygen atoms in total. The van der Waals surface area contributed by atoms with E-state index in [1.165, 1.54) is 0 Å². The van der Waals surface area contributed by atoms with Crippen molar-refractivity contribution in [3.63, 3.8) is 0 Å². The van der Waals surface area contributed by atoms with Gasteiger partial charge in [0.25, 0.3) is 0 Å². The predicted octanol–water partition coefficient (Wildman–Crippen LogP) is 7.64. The highest BCUT2D eigenvalue weighted by molar-refractivity contribution is 14.1. The second-order valence-corrected chi connectivity index (χ2v) is 8.33. The van der Waals surface area contributed by atoms with E-state index < -0.39 is 0 Å². The molecular weight excluding hydrogens is 532 g/mol. The van der Waals surface area contributed by atoms with E-state index in [9.17, 15) is 5.26 Å². The average Bonchev–Trinajstić information content (AvgIpc) is 2.73. The molecular formula is C24H18Cl2INO2. The van der Waals surface area contributed by atoms with Crippen LogP contribution in [0.5, 0.6) is 11.5 Å². The summed E-state index contributed by atoms with van der Waals surface area (Å²) in [5.41, 5.74) is 3.01. The molecule has 0 bridgehead atoms. The molecule has 0 aliphatic heterocycles. The summed E-state index contributed by atoms with van der Waals surface area (Å²) in [4.78, 5) is 0. The second kappa shape index (κ2) is 10.7. The van der Waals surface area contributed by atoms with E-state index in [1.807, 2.05) is 61.5 Å². The van der Waals surface area contributed by atoms with Gasteiger partial charge in [-0.2, -0.15) is 5.26 Å². The highest BCUT2D eigenvalue weighted by atomic mass is 127. The van der Waals surface area contributed by atoms with Crippen molar-refractivity contribution < 1.29 is 9.47 Å². The van der Waals surface area contributed by atoms with Gasteiger partial charge in [-0.3, -0.25) is 0 Å². The van der Waals surface area contributed by atoms with Crippen LogP contribution in [-0.2, 0) is 6.61 Å². The van der Waals surface area contributed by atoms with Gasteiger partial charge in [-0.1, -0.05) is 53.5 Å². The fourth-order valence-corrected chi connectivity index (χ4v) is 3.97. The fraction of sp³-hybridized carbons (Fsp3) is 0.125. The van der Waals surface area contributed by atoms with Gasteiger partial charge in [0.1, 0.15) is 6.61 Å². The van der Waals surface area contributed by atoms with Crippen LogP contribution in [-0.4, -0.2) is 6.61 Å². The maximum absolute atomic E-state index is 9.65. The Hall–Kier alpha value is -2.20. The minimum Gasteiger partial charge on any atom is -0.490 e. The van der Waals surface area contributed by atoms with E-state index in [4.69, 9.17) is 32.7 Å². The van der Waals surface area contributed by atoms with E-state index in [1.54, 1.807) is 12.1 Å². The van der Waals surface area contributed by atoms with E-state index in [2.05, 4.69) is 28.7 Å². The summed E-state index contributed by atoms with van der Waals surface area (Å²) in [6.45, 7) is 2.81.